The second kappa shape index (κ2) is 5.51. The van der Waals surface area contributed by atoms with Gasteiger partial charge in [-0.25, -0.2) is 0 Å². The number of likely N-dealkylation sites (tertiary alicyclic amines) is 1. The van der Waals surface area contributed by atoms with E-state index in [4.69, 9.17) is 5.73 Å². The van der Waals surface area contributed by atoms with Gasteiger partial charge in [-0.05, 0) is 50.0 Å². The number of nitrogens with zero attached hydrogens (tertiary/aromatic N) is 1. The molecule has 0 saturated carbocycles. The summed E-state index contributed by atoms with van der Waals surface area (Å²) in [6, 6.07) is 7.27. The lowest BCUT2D eigenvalue weighted by atomic mass is 9.90. The fourth-order valence-corrected chi connectivity index (χ4v) is 3.01. The van der Waals surface area contributed by atoms with Crippen LogP contribution in [-0.2, 0) is 0 Å². The zero-order chi connectivity index (χ0) is 12.4. The Morgan fingerprint density at radius 1 is 1.47 bits per heavy atom. The van der Waals surface area contributed by atoms with E-state index in [-0.39, 0.29) is 6.04 Å². The normalized spacial score (nSPS) is 26.1. The molecule has 1 fully saturated rings. The number of aryl methyl sites for hydroxylation is 1. The van der Waals surface area contributed by atoms with E-state index < -0.39 is 0 Å². The second-order valence-corrected chi connectivity index (χ2v) is 5.74. The second-order valence-electron chi connectivity index (χ2n) is 4.89. The Balaban J connectivity index is 2.31. The molecule has 2 unspecified atom stereocenters. The fraction of sp³-hybridized carbons (Fsp3) is 0.571. The van der Waals surface area contributed by atoms with Gasteiger partial charge in [0.05, 0.1) is 0 Å². The molecule has 1 aliphatic rings. The average Bonchev–Trinajstić information content (AvgIpc) is 2.32. The number of likely N-dealkylation sites (N-methyl/N-ethyl adjacent to an activating group) is 1. The van der Waals surface area contributed by atoms with Crippen molar-refractivity contribution in [1.82, 2.24) is 4.90 Å². The van der Waals surface area contributed by atoms with Gasteiger partial charge in [-0.15, -0.1) is 0 Å². The van der Waals surface area contributed by atoms with Gasteiger partial charge in [0.25, 0.3) is 0 Å². The number of halogens is 1. The summed E-state index contributed by atoms with van der Waals surface area (Å²) in [6.07, 6.45) is 2.36. The number of rotatable bonds is 2. The highest BCUT2D eigenvalue weighted by Gasteiger charge is 2.29. The smallest absolute Gasteiger partial charge is 0.0499 e. The van der Waals surface area contributed by atoms with Crippen LogP contribution in [0, 0.1) is 6.92 Å². The molecule has 17 heavy (non-hydrogen) atoms. The molecule has 94 valence electrons. The van der Waals surface area contributed by atoms with E-state index in [1.807, 2.05) is 0 Å². The van der Waals surface area contributed by atoms with Crippen LogP contribution in [0.2, 0.25) is 0 Å². The van der Waals surface area contributed by atoms with E-state index in [1.54, 1.807) is 0 Å². The van der Waals surface area contributed by atoms with Gasteiger partial charge >= 0.3 is 0 Å². The van der Waals surface area contributed by atoms with Crippen LogP contribution in [0.25, 0.3) is 0 Å². The minimum atomic E-state index is 0.268. The molecular weight excluding hydrogens is 276 g/mol. The molecule has 2 rings (SSSR count). The van der Waals surface area contributed by atoms with Crippen LogP contribution in [0.5, 0.6) is 0 Å². The molecule has 0 amide bonds. The number of piperidine rings is 1. The van der Waals surface area contributed by atoms with Crippen LogP contribution >= 0.6 is 15.9 Å². The number of benzene rings is 1. The summed E-state index contributed by atoms with van der Waals surface area (Å²) >= 11 is 3.56. The zero-order valence-electron chi connectivity index (χ0n) is 10.6. The van der Waals surface area contributed by atoms with Gasteiger partial charge in [0, 0.05) is 16.6 Å². The first-order chi connectivity index (χ1) is 8.13. The van der Waals surface area contributed by atoms with Gasteiger partial charge in [0.2, 0.25) is 0 Å². The van der Waals surface area contributed by atoms with Gasteiger partial charge < -0.3 is 5.73 Å². The number of hydrogen-bond acceptors (Lipinski definition) is 2. The van der Waals surface area contributed by atoms with E-state index in [0.717, 1.165) is 13.0 Å². The topological polar surface area (TPSA) is 29.3 Å². The molecule has 1 aliphatic heterocycles. The summed E-state index contributed by atoms with van der Waals surface area (Å²) in [6.45, 7) is 6.60. The molecule has 0 spiro atoms. The maximum atomic E-state index is 6.31. The Kier molecular flexibility index (Phi) is 4.23. The molecular formula is C14H21BrN2. The molecule has 3 heteroatoms. The largest absolute Gasteiger partial charge is 0.326 e. The molecule has 0 bridgehead atoms. The highest BCUT2D eigenvalue weighted by molar-refractivity contribution is 9.10. The van der Waals surface area contributed by atoms with Crippen LogP contribution in [0.4, 0.5) is 0 Å². The Morgan fingerprint density at radius 2 is 2.24 bits per heavy atom. The standard InChI is InChI=1S/C14H21BrN2/c1-3-17-8-4-5-13(16)14(17)11-6-7-12(15)10(2)9-11/h6-7,9,13-14H,3-5,8,16H2,1-2H3. The van der Waals surface area contributed by atoms with Crippen LogP contribution in [-0.4, -0.2) is 24.0 Å². The van der Waals surface area contributed by atoms with Crippen molar-refractivity contribution in [3.05, 3.63) is 33.8 Å². The first kappa shape index (κ1) is 13.1. The van der Waals surface area contributed by atoms with Crippen molar-refractivity contribution in [1.29, 1.82) is 0 Å². The summed E-state index contributed by atoms with van der Waals surface area (Å²) in [5, 5.41) is 0. The predicted molar refractivity (Wildman–Crippen MR) is 76.1 cm³/mol. The molecule has 1 aromatic carbocycles. The van der Waals surface area contributed by atoms with Crippen molar-refractivity contribution < 1.29 is 0 Å². The van der Waals surface area contributed by atoms with E-state index in [1.165, 1.54) is 28.6 Å². The lowest BCUT2D eigenvalue weighted by Crippen LogP contribution is -2.45. The molecule has 0 aliphatic carbocycles. The summed E-state index contributed by atoms with van der Waals surface area (Å²) in [5.41, 5.74) is 8.96. The Labute approximate surface area is 112 Å². The van der Waals surface area contributed by atoms with Crippen LogP contribution in [0.3, 0.4) is 0 Å². The van der Waals surface area contributed by atoms with E-state index >= 15 is 0 Å². The molecule has 1 aromatic rings. The minimum absolute atomic E-state index is 0.268. The Bertz CT molecular complexity index is 392. The Morgan fingerprint density at radius 3 is 2.88 bits per heavy atom. The van der Waals surface area contributed by atoms with Gasteiger partial charge in [0.1, 0.15) is 0 Å². The summed E-state index contributed by atoms with van der Waals surface area (Å²) in [4.78, 5) is 2.50. The fourth-order valence-electron chi connectivity index (χ4n) is 2.76. The van der Waals surface area contributed by atoms with E-state index in [0.29, 0.717) is 6.04 Å². The summed E-state index contributed by atoms with van der Waals surface area (Å²) < 4.78 is 1.17. The van der Waals surface area contributed by atoms with Gasteiger partial charge in [-0.3, -0.25) is 4.90 Å². The third kappa shape index (κ3) is 2.72. The SMILES string of the molecule is CCN1CCCC(N)C1c1ccc(Br)c(C)c1. The van der Waals surface area contributed by atoms with Crippen molar-refractivity contribution in [2.45, 2.75) is 38.8 Å². The maximum absolute atomic E-state index is 6.31. The monoisotopic (exact) mass is 296 g/mol. The number of nitrogens with two attached hydrogens (primary N) is 1. The molecule has 2 nitrogen and oxygen atoms in total. The van der Waals surface area contributed by atoms with Gasteiger partial charge in [0.15, 0.2) is 0 Å². The maximum Gasteiger partial charge on any atom is 0.0499 e. The van der Waals surface area contributed by atoms with Gasteiger partial charge in [-0.2, -0.15) is 0 Å². The predicted octanol–water partition coefficient (Wildman–Crippen LogP) is 3.24. The summed E-state index contributed by atoms with van der Waals surface area (Å²) in [7, 11) is 0. The minimum Gasteiger partial charge on any atom is -0.326 e. The third-order valence-corrected chi connectivity index (χ3v) is 4.60. The third-order valence-electron chi connectivity index (χ3n) is 3.71. The van der Waals surface area contributed by atoms with Crippen LogP contribution in [0.1, 0.15) is 36.9 Å². The van der Waals surface area contributed by atoms with Crippen molar-refractivity contribution in [2.75, 3.05) is 13.1 Å². The molecule has 1 heterocycles. The van der Waals surface area contributed by atoms with Crippen molar-refractivity contribution in [3.63, 3.8) is 0 Å². The zero-order valence-corrected chi connectivity index (χ0v) is 12.2. The van der Waals surface area contributed by atoms with Crippen molar-refractivity contribution >= 4 is 15.9 Å². The van der Waals surface area contributed by atoms with E-state index in [2.05, 4.69) is 52.9 Å². The molecule has 0 radical (unpaired) electrons. The average molecular weight is 297 g/mol. The first-order valence-corrected chi connectivity index (χ1v) is 7.18. The highest BCUT2D eigenvalue weighted by atomic mass is 79.9. The lowest BCUT2D eigenvalue weighted by molar-refractivity contribution is 0.136. The molecule has 0 aromatic heterocycles. The van der Waals surface area contributed by atoms with E-state index in [9.17, 15) is 0 Å². The quantitative estimate of drug-likeness (QED) is 0.908. The molecule has 2 N–H and O–H groups in total. The molecule has 1 saturated heterocycles. The first-order valence-electron chi connectivity index (χ1n) is 6.39. The van der Waals surface area contributed by atoms with Crippen molar-refractivity contribution in [3.8, 4) is 0 Å². The van der Waals surface area contributed by atoms with Crippen LogP contribution in [0.15, 0.2) is 22.7 Å². The molecule has 2 atom stereocenters. The van der Waals surface area contributed by atoms with Crippen LogP contribution < -0.4 is 5.73 Å². The lowest BCUT2D eigenvalue weighted by Gasteiger charge is -2.39. The number of hydrogen-bond donors (Lipinski definition) is 1. The van der Waals surface area contributed by atoms with Gasteiger partial charge in [-0.1, -0.05) is 35.0 Å². The van der Waals surface area contributed by atoms with Crippen molar-refractivity contribution in [2.24, 2.45) is 5.73 Å². The summed E-state index contributed by atoms with van der Waals surface area (Å²) in [5.74, 6) is 0. The highest BCUT2D eigenvalue weighted by Crippen LogP contribution is 2.31. The Hall–Kier alpha value is -0.380.